The second-order valence-electron chi connectivity index (χ2n) is 9.13. The third-order valence-electron chi connectivity index (χ3n) is 6.77. The van der Waals surface area contributed by atoms with Crippen LogP contribution in [0.25, 0.3) is 17.1 Å². The van der Waals surface area contributed by atoms with Crippen LogP contribution in [0.4, 0.5) is 0 Å². The molecule has 6 heterocycles. The van der Waals surface area contributed by atoms with Crippen LogP contribution in [0, 0.1) is 0 Å². The zero-order valence-electron chi connectivity index (χ0n) is 19.0. The van der Waals surface area contributed by atoms with Gasteiger partial charge in [0.1, 0.15) is 11.7 Å². The van der Waals surface area contributed by atoms with Crippen LogP contribution in [-0.4, -0.2) is 46.9 Å². The summed E-state index contributed by atoms with van der Waals surface area (Å²) in [6.07, 6.45) is 8.95. The van der Waals surface area contributed by atoms with Crippen LogP contribution >= 0.6 is 0 Å². The standard InChI is InChI=1S/C26H23N7O2/c34-26(24-21(16-9-10-16)30-25(35-24)19-7-1-3-11-27-19)32-12-5-8-18-22(29-15-28-18)23(32)20-14-17-6-2-4-13-33(17)31-20/h1-4,6-7,11,13-16,23H,5,8-10,12H2,(H,28,29). The molecule has 5 aromatic heterocycles. The highest BCUT2D eigenvalue weighted by Gasteiger charge is 2.40. The quantitative estimate of drug-likeness (QED) is 0.427. The number of H-pyrrole nitrogens is 1. The van der Waals surface area contributed by atoms with Crippen molar-refractivity contribution in [1.82, 2.24) is 34.4 Å². The molecule has 1 atom stereocenters. The molecule has 0 radical (unpaired) electrons. The van der Waals surface area contributed by atoms with E-state index in [0.717, 1.165) is 54.0 Å². The molecule has 174 valence electrons. The minimum absolute atomic E-state index is 0.181. The average Bonchev–Trinajstić information content (AvgIpc) is 3.32. The van der Waals surface area contributed by atoms with E-state index in [2.05, 4.69) is 15.0 Å². The molecule has 1 aliphatic carbocycles. The van der Waals surface area contributed by atoms with Gasteiger partial charge in [0.25, 0.3) is 5.91 Å². The van der Waals surface area contributed by atoms with E-state index in [4.69, 9.17) is 14.5 Å². The Morgan fingerprint density at radius 3 is 2.83 bits per heavy atom. The number of nitrogens with zero attached hydrogens (tertiary/aromatic N) is 6. The highest BCUT2D eigenvalue weighted by molar-refractivity contribution is 5.94. The summed E-state index contributed by atoms with van der Waals surface area (Å²) in [6, 6.07) is 13.1. The number of imidazole rings is 1. The maximum Gasteiger partial charge on any atom is 0.292 e. The van der Waals surface area contributed by atoms with E-state index in [-0.39, 0.29) is 11.8 Å². The van der Waals surface area contributed by atoms with Crippen LogP contribution in [0.5, 0.6) is 0 Å². The Hall–Kier alpha value is -4.27. The van der Waals surface area contributed by atoms with Crippen LogP contribution in [-0.2, 0) is 6.42 Å². The van der Waals surface area contributed by atoms with Crippen LogP contribution in [0.3, 0.4) is 0 Å². The lowest BCUT2D eigenvalue weighted by atomic mass is 10.1. The summed E-state index contributed by atoms with van der Waals surface area (Å²) in [4.78, 5) is 33.0. The first kappa shape index (κ1) is 20.1. The number of aromatic amines is 1. The van der Waals surface area contributed by atoms with Gasteiger partial charge in [-0.3, -0.25) is 9.78 Å². The first-order chi connectivity index (χ1) is 17.3. The number of nitrogens with one attached hydrogen (secondary N) is 1. The molecule has 7 rings (SSSR count). The van der Waals surface area contributed by atoms with E-state index in [0.29, 0.717) is 23.9 Å². The first-order valence-electron chi connectivity index (χ1n) is 12.0. The largest absolute Gasteiger partial charge is 0.429 e. The van der Waals surface area contributed by atoms with Gasteiger partial charge in [0, 0.05) is 30.6 Å². The second kappa shape index (κ2) is 7.90. The monoisotopic (exact) mass is 465 g/mol. The van der Waals surface area contributed by atoms with Gasteiger partial charge in [0.2, 0.25) is 11.7 Å². The number of hydrogen-bond donors (Lipinski definition) is 1. The predicted molar refractivity (Wildman–Crippen MR) is 127 cm³/mol. The Labute approximate surface area is 200 Å². The molecular formula is C26H23N7O2. The van der Waals surface area contributed by atoms with Gasteiger partial charge in [-0.25, -0.2) is 14.5 Å². The molecule has 5 aromatic rings. The number of amides is 1. The normalized spacial score (nSPS) is 17.9. The van der Waals surface area contributed by atoms with Gasteiger partial charge in [0.05, 0.1) is 28.9 Å². The second-order valence-corrected chi connectivity index (χ2v) is 9.13. The summed E-state index contributed by atoms with van der Waals surface area (Å²) in [5, 5.41) is 4.82. The number of fused-ring (bicyclic) bond motifs is 2. The SMILES string of the molecule is O=C(c1oc(-c2ccccn2)nc1C1CC1)N1CCCc2[nH]cnc2C1c1cc2ccccn2n1. The van der Waals surface area contributed by atoms with Crippen molar-refractivity contribution in [2.45, 2.75) is 37.6 Å². The van der Waals surface area contributed by atoms with Gasteiger partial charge in [-0.1, -0.05) is 12.1 Å². The molecule has 9 nitrogen and oxygen atoms in total. The number of carbonyl (C=O) groups excluding carboxylic acids is 1. The van der Waals surface area contributed by atoms with E-state index in [1.54, 1.807) is 12.5 Å². The average molecular weight is 466 g/mol. The Bertz CT molecular complexity index is 1500. The highest BCUT2D eigenvalue weighted by atomic mass is 16.4. The van der Waals surface area contributed by atoms with E-state index >= 15 is 0 Å². The summed E-state index contributed by atoms with van der Waals surface area (Å²) < 4.78 is 7.98. The molecule has 0 bridgehead atoms. The lowest BCUT2D eigenvalue weighted by Gasteiger charge is -2.28. The third-order valence-corrected chi connectivity index (χ3v) is 6.77. The number of oxazole rings is 1. The fourth-order valence-electron chi connectivity index (χ4n) is 4.93. The summed E-state index contributed by atoms with van der Waals surface area (Å²) in [6.45, 7) is 0.561. The molecule has 1 saturated carbocycles. The van der Waals surface area contributed by atoms with Gasteiger partial charge < -0.3 is 14.3 Å². The van der Waals surface area contributed by atoms with Gasteiger partial charge in [0.15, 0.2) is 0 Å². The van der Waals surface area contributed by atoms with Gasteiger partial charge >= 0.3 is 0 Å². The summed E-state index contributed by atoms with van der Waals surface area (Å²) in [5.74, 6) is 0.757. The van der Waals surface area contributed by atoms with Crippen LogP contribution in [0.15, 0.2) is 65.6 Å². The number of carbonyl (C=O) groups is 1. The third kappa shape index (κ3) is 3.42. The molecular weight excluding hydrogens is 442 g/mol. The zero-order chi connectivity index (χ0) is 23.4. The Morgan fingerprint density at radius 1 is 1.09 bits per heavy atom. The van der Waals surface area contributed by atoms with Crippen LogP contribution in [0.1, 0.15) is 64.6 Å². The molecule has 1 fully saturated rings. The Morgan fingerprint density at radius 2 is 2.00 bits per heavy atom. The Kier molecular flexibility index (Phi) is 4.54. The van der Waals surface area contributed by atoms with Crippen LogP contribution < -0.4 is 0 Å². The summed E-state index contributed by atoms with van der Waals surface area (Å²) in [7, 11) is 0. The zero-order valence-corrected chi connectivity index (χ0v) is 19.0. The van der Waals surface area contributed by atoms with E-state index in [1.165, 1.54) is 0 Å². The Balaban J connectivity index is 1.35. The van der Waals surface area contributed by atoms with Crippen molar-refractivity contribution < 1.29 is 9.21 Å². The topological polar surface area (TPSA) is 105 Å². The smallest absolute Gasteiger partial charge is 0.292 e. The molecule has 1 amide bonds. The number of aromatic nitrogens is 6. The van der Waals surface area contributed by atoms with Crippen molar-refractivity contribution in [3.63, 3.8) is 0 Å². The highest BCUT2D eigenvalue weighted by Crippen LogP contribution is 2.43. The fraction of sp³-hybridized carbons (Fsp3) is 0.269. The lowest BCUT2D eigenvalue weighted by molar-refractivity contribution is 0.0671. The maximum atomic E-state index is 14.2. The maximum absolute atomic E-state index is 14.2. The number of hydrogen-bond acceptors (Lipinski definition) is 6. The fourth-order valence-corrected chi connectivity index (χ4v) is 4.93. The molecule has 2 aliphatic rings. The first-order valence-corrected chi connectivity index (χ1v) is 12.0. The lowest BCUT2D eigenvalue weighted by Crippen LogP contribution is -2.36. The number of pyridine rings is 2. The van der Waals surface area contributed by atoms with Crippen LogP contribution in [0.2, 0.25) is 0 Å². The molecule has 1 N–H and O–H groups in total. The molecule has 1 unspecified atom stereocenters. The van der Waals surface area contributed by atoms with Crippen molar-refractivity contribution >= 4 is 11.4 Å². The van der Waals surface area contributed by atoms with Crippen molar-refractivity contribution in [2.75, 3.05) is 6.54 Å². The summed E-state index contributed by atoms with van der Waals surface area (Å²) >= 11 is 0. The van der Waals surface area contributed by atoms with Crippen molar-refractivity contribution in [1.29, 1.82) is 0 Å². The van der Waals surface area contributed by atoms with Gasteiger partial charge in [-0.15, -0.1) is 0 Å². The van der Waals surface area contributed by atoms with E-state index < -0.39 is 6.04 Å². The van der Waals surface area contributed by atoms with Crippen molar-refractivity contribution in [3.05, 3.63) is 89.7 Å². The minimum Gasteiger partial charge on any atom is -0.429 e. The molecule has 35 heavy (non-hydrogen) atoms. The molecule has 0 spiro atoms. The summed E-state index contributed by atoms with van der Waals surface area (Å²) in [5.41, 5.74) is 4.96. The van der Waals surface area contributed by atoms with Gasteiger partial charge in [-0.2, -0.15) is 5.10 Å². The van der Waals surface area contributed by atoms with Gasteiger partial charge in [-0.05, 0) is 56.0 Å². The number of rotatable bonds is 4. The predicted octanol–water partition coefficient (Wildman–Crippen LogP) is 4.16. The molecule has 0 aromatic carbocycles. The van der Waals surface area contributed by atoms with E-state index in [9.17, 15) is 4.79 Å². The minimum atomic E-state index is -0.429. The number of aryl methyl sites for hydroxylation is 1. The molecule has 1 aliphatic heterocycles. The molecule has 0 saturated heterocycles. The van der Waals surface area contributed by atoms with E-state index in [1.807, 2.05) is 58.1 Å². The van der Waals surface area contributed by atoms with Crippen molar-refractivity contribution in [3.8, 4) is 11.6 Å². The molecule has 9 heteroatoms. The van der Waals surface area contributed by atoms with Crippen molar-refractivity contribution in [2.24, 2.45) is 0 Å².